The monoisotopic (exact) mass is 2080 g/mol. The standard InChI is InChI=1S/C31H39N2O3P.C30H37N2O3P.C30H37N2O2PS.C29H39N2O3P.4B/c1-6-28(36-37(35-19-8-18-32)33(22(2)3)23(4)5)17-20-34-21-27-14-13-26-12-11-24-9-7-10-25-15-16-29(27)31(26)30(24)25;1-6-27(35-36(34-18-8-17-31)32(21(2)3)22(4)5)20-33-19-26-14-13-25-12-11-23-9-7-10-24-15-16-28(26)30(25)29(23)24;1-6-27(34-35(33-18-8-17-31)32(21(2)3)22(4)5)20-36-19-26-14-13-25-12-11-23-9-7-10-24-15-16-28(26)30(25)29(23)24;1-7-26(34-35(33-19-17-30-6)31(22(2)3)23(4)5)16-18-32-21-29-27-14-10-8-12-24(27)20-25-13-9-11-15-28(25)29;;;;/h7,9-16,22-23,28H,6,8,17,19-21H2,1-5H3;2*7,9-16,21-22,27H,6,8,18-20H2,1-5H3;8-15,20,22-23,26H,7,16-19,21H2,1-5H3;;;;/t28-,37?;27-,36?;27-,35?;;;;;/m111...../s1. The van der Waals surface area contributed by atoms with E-state index in [9.17, 15) is 0 Å². The first-order chi connectivity index (χ1) is 69.8. The molecule has 0 aliphatic heterocycles. The second-order valence-corrected chi connectivity index (χ2v) is 45.6. The van der Waals surface area contributed by atoms with Gasteiger partial charge in [0.05, 0.1) is 108 Å². The highest BCUT2D eigenvalue weighted by molar-refractivity contribution is 7.98. The van der Waals surface area contributed by atoms with Crippen molar-refractivity contribution in [2.45, 2.75) is 295 Å². The molecule has 12 radical (unpaired) electrons. The quantitative estimate of drug-likeness (QED) is 0.00872. The molecular formula is C120H152B4N8O11P4S. The molecule has 0 heterocycles. The second kappa shape index (κ2) is 63.3. The lowest BCUT2D eigenvalue weighted by molar-refractivity contribution is 0.0292. The van der Waals surface area contributed by atoms with Crippen molar-refractivity contribution in [3.05, 3.63) is 252 Å². The molecule has 15 aromatic carbocycles. The molecule has 0 fully saturated rings. The van der Waals surface area contributed by atoms with Gasteiger partial charge in [0, 0.05) is 107 Å². The molecule has 0 spiro atoms. The molecule has 19 nitrogen and oxygen atoms in total. The lowest BCUT2D eigenvalue weighted by Crippen LogP contribution is -2.35. The van der Waals surface area contributed by atoms with Gasteiger partial charge in [0.25, 0.3) is 34.1 Å². The average molecular weight is 2080 g/mol. The van der Waals surface area contributed by atoms with Crippen LogP contribution in [0.15, 0.2) is 218 Å². The Morgan fingerprint density at radius 3 is 0.926 bits per heavy atom. The Kier molecular flexibility index (Phi) is 53.4. The van der Waals surface area contributed by atoms with Gasteiger partial charge >= 0.3 is 0 Å². The molecule has 5 unspecified atom stereocenters. The highest BCUT2D eigenvalue weighted by atomic mass is 32.2. The van der Waals surface area contributed by atoms with Crippen molar-refractivity contribution >= 4 is 198 Å². The maximum Gasteiger partial charge on any atom is 0.259 e. The van der Waals surface area contributed by atoms with Crippen molar-refractivity contribution < 1.29 is 50.4 Å². The van der Waals surface area contributed by atoms with E-state index in [-0.39, 0.29) is 82.2 Å². The van der Waals surface area contributed by atoms with Crippen LogP contribution in [0.4, 0.5) is 0 Å². The first-order valence-corrected chi connectivity index (χ1v) is 57.6. The summed E-state index contributed by atoms with van der Waals surface area (Å²) in [6.45, 7) is 55.5. The van der Waals surface area contributed by atoms with Crippen LogP contribution in [0.2, 0.25) is 0 Å². The summed E-state index contributed by atoms with van der Waals surface area (Å²) in [4.78, 5) is 3.43. The number of rotatable bonds is 54. The summed E-state index contributed by atoms with van der Waals surface area (Å²) in [7, 11) is -4.98. The summed E-state index contributed by atoms with van der Waals surface area (Å²) in [6.07, 6.45) is 6.31. The molecule has 776 valence electrons. The van der Waals surface area contributed by atoms with E-state index in [1.54, 1.807) is 0 Å². The van der Waals surface area contributed by atoms with Crippen LogP contribution in [-0.4, -0.2) is 184 Å². The van der Waals surface area contributed by atoms with Crippen molar-refractivity contribution in [1.82, 2.24) is 18.7 Å². The van der Waals surface area contributed by atoms with Gasteiger partial charge in [-0.2, -0.15) is 27.5 Å². The minimum absolute atomic E-state index is 0. The Labute approximate surface area is 900 Å². The van der Waals surface area contributed by atoms with Gasteiger partial charge in [-0.25, -0.2) is 25.3 Å². The van der Waals surface area contributed by atoms with Gasteiger partial charge in [0.15, 0.2) is 0 Å². The highest BCUT2D eigenvalue weighted by Crippen LogP contribution is 2.53. The predicted molar refractivity (Wildman–Crippen MR) is 632 cm³/mol. The van der Waals surface area contributed by atoms with E-state index < -0.39 is 34.1 Å². The lowest BCUT2D eigenvalue weighted by atomic mass is 9.92. The molecule has 148 heavy (non-hydrogen) atoms. The third-order valence-electron chi connectivity index (χ3n) is 26.0. The maximum absolute atomic E-state index is 8.97. The topological polar surface area (TPSA) is 190 Å². The summed E-state index contributed by atoms with van der Waals surface area (Å²) in [5.74, 6) is 1.85. The van der Waals surface area contributed by atoms with Crippen LogP contribution in [0, 0.1) is 40.6 Å². The third-order valence-corrected chi connectivity index (χ3v) is 35.8. The number of ether oxygens (including phenoxy) is 3. The van der Waals surface area contributed by atoms with E-state index in [0.717, 1.165) is 50.0 Å². The number of thioether (sulfide) groups is 1. The summed E-state index contributed by atoms with van der Waals surface area (Å²) < 4.78 is 78.3. The molecule has 28 heteroatoms. The van der Waals surface area contributed by atoms with Crippen LogP contribution in [0.1, 0.15) is 219 Å². The fourth-order valence-corrected chi connectivity index (χ4v) is 27.6. The molecule has 8 atom stereocenters. The minimum Gasteiger partial charge on any atom is -0.377 e. The Bertz CT molecular complexity index is 6350. The number of fused-ring (bicyclic) bond motifs is 2. The predicted octanol–water partition coefficient (Wildman–Crippen LogP) is 32.1. The summed E-state index contributed by atoms with van der Waals surface area (Å²) in [5, 5.41) is 55.3. The summed E-state index contributed by atoms with van der Waals surface area (Å²) >= 11 is 1.93. The lowest BCUT2D eigenvalue weighted by Gasteiger charge is -2.37. The van der Waals surface area contributed by atoms with Crippen LogP contribution < -0.4 is 0 Å². The molecule has 0 amide bonds. The van der Waals surface area contributed by atoms with Crippen LogP contribution in [0.3, 0.4) is 0 Å². The van der Waals surface area contributed by atoms with Gasteiger partial charge in [-0.3, -0.25) is 0 Å². The SMILES string of the molecule is CC[C@H](CCOCc1ccc2ccc3cccc4ccc1c2c34)OP(OCCC#N)N(C(C)C)C(C)C.CC[C@H](COCc1ccc2ccc3cccc4ccc1c2c34)OP(OCCC#N)N(C(C)C)C(C)C.CC[C@H](CSCc1ccc2ccc3cccc4ccc1c2c34)OP(OCCC#N)N(C(C)C)C(C)C.[B].[B].[B].[B].[C-]#[N+]CCOP(OC(CC)CCOCc1c2ccccc2cc2ccccc12)N(C(C)C)C(C)C. The Hall–Kier alpha value is -8.37. The zero-order valence-corrected chi connectivity index (χ0v) is 95.2. The van der Waals surface area contributed by atoms with E-state index in [1.165, 1.54) is 141 Å². The smallest absolute Gasteiger partial charge is 0.259 e. The molecule has 0 bridgehead atoms. The zero-order chi connectivity index (χ0) is 103. The van der Waals surface area contributed by atoms with Gasteiger partial charge in [0.2, 0.25) is 6.54 Å². The molecule has 0 saturated heterocycles. The van der Waals surface area contributed by atoms with Crippen LogP contribution in [-0.2, 0) is 76.0 Å². The highest BCUT2D eigenvalue weighted by Gasteiger charge is 2.35. The zero-order valence-electron chi connectivity index (χ0n) is 90.8. The van der Waals surface area contributed by atoms with Crippen molar-refractivity contribution in [3.8, 4) is 18.2 Å². The molecule has 0 saturated carbocycles. The number of hydrogen-bond donors (Lipinski definition) is 0. The Morgan fingerprint density at radius 1 is 0.304 bits per heavy atom. The fraction of sp³-hybridized carbons (Fsp3) is 0.450. The molecule has 15 rings (SSSR count). The number of benzene rings is 15. The van der Waals surface area contributed by atoms with Crippen molar-refractivity contribution in [2.75, 3.05) is 58.5 Å². The maximum atomic E-state index is 8.97. The van der Waals surface area contributed by atoms with Crippen LogP contribution >= 0.6 is 45.9 Å². The molecule has 0 N–H and O–H groups in total. The first-order valence-electron chi connectivity index (χ1n) is 51.9. The summed E-state index contributed by atoms with van der Waals surface area (Å²) in [5.41, 5.74) is 5.02. The Balaban J connectivity index is 0.000000238. The van der Waals surface area contributed by atoms with E-state index in [2.05, 4.69) is 399 Å². The molecule has 0 aliphatic rings. The largest absolute Gasteiger partial charge is 0.377 e. The van der Waals surface area contributed by atoms with Crippen molar-refractivity contribution in [1.29, 1.82) is 15.8 Å². The third kappa shape index (κ3) is 33.1. The van der Waals surface area contributed by atoms with Crippen molar-refractivity contribution in [3.63, 3.8) is 0 Å². The number of nitrogens with zero attached hydrogens (tertiary/aromatic N) is 8. The molecular weight excluding hydrogens is 1930 g/mol. The van der Waals surface area contributed by atoms with Crippen molar-refractivity contribution in [2.24, 2.45) is 0 Å². The summed E-state index contributed by atoms with van der Waals surface area (Å²) in [6, 6.07) is 87.8. The molecule has 0 aliphatic carbocycles. The van der Waals surface area contributed by atoms with Gasteiger partial charge in [0.1, 0.15) is 6.61 Å². The normalized spacial score (nSPS) is 13.5. The molecule has 15 aromatic rings. The minimum atomic E-state index is -1.28. The average Bonchev–Trinajstić information content (AvgIpc) is 0.747. The van der Waals surface area contributed by atoms with E-state index >= 15 is 0 Å². The second-order valence-electron chi connectivity index (χ2n) is 39.0. The van der Waals surface area contributed by atoms with Gasteiger partial charge in [-0.15, -0.1) is 0 Å². The Morgan fingerprint density at radius 2 is 0.588 bits per heavy atom. The first kappa shape index (κ1) is 125. The van der Waals surface area contributed by atoms with Gasteiger partial charge < -0.3 is 55.2 Å². The fourth-order valence-electron chi connectivity index (χ4n) is 19.2. The van der Waals surface area contributed by atoms with E-state index in [4.69, 9.17) is 72.8 Å². The van der Waals surface area contributed by atoms with Gasteiger partial charge in [-0.1, -0.05) is 240 Å². The van der Waals surface area contributed by atoms with Crippen LogP contribution in [0.25, 0.3) is 123 Å². The van der Waals surface area contributed by atoms with E-state index in [1.807, 2.05) is 11.8 Å². The van der Waals surface area contributed by atoms with E-state index in [0.29, 0.717) is 116 Å². The van der Waals surface area contributed by atoms with Crippen LogP contribution in [0.5, 0.6) is 0 Å². The molecule has 0 aromatic heterocycles. The number of hydrogen-bond acceptors (Lipinski definition) is 19. The number of nitriles is 3. The van der Waals surface area contributed by atoms with Gasteiger partial charge in [-0.05, 0) is 296 Å².